The Balaban J connectivity index is 1.72. The van der Waals surface area contributed by atoms with Crippen LogP contribution in [0.15, 0.2) is 18.2 Å². The lowest BCUT2D eigenvalue weighted by Crippen LogP contribution is -2.26. The highest BCUT2D eigenvalue weighted by molar-refractivity contribution is 5.30. The third-order valence-corrected chi connectivity index (χ3v) is 3.67. The standard InChI is InChI=1S/C15H24N2/c1-12-3-4-13(2)15(9-12)6-8-17-11-14-5-7-16-10-14/h3-4,9,14,16-17H,5-8,10-11H2,1-2H3. The van der Waals surface area contributed by atoms with E-state index in [0.717, 1.165) is 25.4 Å². The minimum atomic E-state index is 0.841. The van der Waals surface area contributed by atoms with Gasteiger partial charge < -0.3 is 10.6 Å². The van der Waals surface area contributed by atoms with Crippen LogP contribution in [0.1, 0.15) is 23.1 Å². The quantitative estimate of drug-likeness (QED) is 0.759. The molecule has 0 saturated carbocycles. The van der Waals surface area contributed by atoms with E-state index >= 15 is 0 Å². The fraction of sp³-hybridized carbons (Fsp3) is 0.600. The fourth-order valence-corrected chi connectivity index (χ4v) is 2.49. The molecule has 1 heterocycles. The van der Waals surface area contributed by atoms with Gasteiger partial charge in [-0.1, -0.05) is 23.8 Å². The zero-order valence-electron chi connectivity index (χ0n) is 11.1. The zero-order chi connectivity index (χ0) is 12.1. The molecule has 1 unspecified atom stereocenters. The van der Waals surface area contributed by atoms with Crippen LogP contribution in [0.4, 0.5) is 0 Å². The van der Waals surface area contributed by atoms with E-state index in [4.69, 9.17) is 0 Å². The summed E-state index contributed by atoms with van der Waals surface area (Å²) in [6.07, 6.45) is 2.48. The third-order valence-electron chi connectivity index (χ3n) is 3.67. The van der Waals surface area contributed by atoms with E-state index in [1.807, 2.05) is 0 Å². The topological polar surface area (TPSA) is 24.1 Å². The number of rotatable bonds is 5. The Bertz CT molecular complexity index is 354. The fourth-order valence-electron chi connectivity index (χ4n) is 2.49. The summed E-state index contributed by atoms with van der Waals surface area (Å²) in [4.78, 5) is 0. The summed E-state index contributed by atoms with van der Waals surface area (Å²) in [6, 6.07) is 6.73. The molecule has 0 aromatic heterocycles. The summed E-state index contributed by atoms with van der Waals surface area (Å²) < 4.78 is 0. The maximum atomic E-state index is 3.58. The zero-order valence-corrected chi connectivity index (χ0v) is 11.1. The summed E-state index contributed by atoms with van der Waals surface area (Å²) in [5, 5.41) is 6.99. The molecule has 0 bridgehead atoms. The van der Waals surface area contributed by atoms with Crippen molar-refractivity contribution in [3.8, 4) is 0 Å². The molecule has 2 nitrogen and oxygen atoms in total. The van der Waals surface area contributed by atoms with Gasteiger partial charge in [-0.05, 0) is 69.9 Å². The molecule has 1 fully saturated rings. The summed E-state index contributed by atoms with van der Waals surface area (Å²) in [5.74, 6) is 0.841. The molecule has 2 N–H and O–H groups in total. The van der Waals surface area contributed by atoms with Crippen molar-refractivity contribution in [1.29, 1.82) is 0 Å². The van der Waals surface area contributed by atoms with Crippen molar-refractivity contribution in [2.24, 2.45) is 5.92 Å². The molecule has 1 atom stereocenters. The van der Waals surface area contributed by atoms with Gasteiger partial charge in [0, 0.05) is 0 Å². The smallest absolute Gasteiger partial charge is 0.000777 e. The summed E-state index contributed by atoms with van der Waals surface area (Å²) in [7, 11) is 0. The van der Waals surface area contributed by atoms with Gasteiger partial charge in [0.1, 0.15) is 0 Å². The van der Waals surface area contributed by atoms with E-state index in [2.05, 4.69) is 42.7 Å². The molecule has 1 aliphatic heterocycles. The van der Waals surface area contributed by atoms with Crippen molar-refractivity contribution < 1.29 is 0 Å². The average molecular weight is 232 g/mol. The molecule has 2 rings (SSSR count). The van der Waals surface area contributed by atoms with Gasteiger partial charge in [0.15, 0.2) is 0 Å². The molecule has 94 valence electrons. The van der Waals surface area contributed by atoms with Gasteiger partial charge in [-0.25, -0.2) is 0 Å². The second-order valence-electron chi connectivity index (χ2n) is 5.24. The molecule has 0 aliphatic carbocycles. The number of hydrogen-bond acceptors (Lipinski definition) is 2. The van der Waals surface area contributed by atoms with Crippen LogP contribution < -0.4 is 10.6 Å². The van der Waals surface area contributed by atoms with E-state index in [9.17, 15) is 0 Å². The molecular weight excluding hydrogens is 208 g/mol. The highest BCUT2D eigenvalue weighted by Gasteiger charge is 2.13. The van der Waals surface area contributed by atoms with Crippen molar-refractivity contribution in [3.63, 3.8) is 0 Å². The van der Waals surface area contributed by atoms with Gasteiger partial charge in [-0.3, -0.25) is 0 Å². The normalized spacial score (nSPS) is 19.8. The van der Waals surface area contributed by atoms with Crippen molar-refractivity contribution in [2.45, 2.75) is 26.7 Å². The summed E-state index contributed by atoms with van der Waals surface area (Å²) >= 11 is 0. The van der Waals surface area contributed by atoms with E-state index in [-0.39, 0.29) is 0 Å². The first-order valence-electron chi connectivity index (χ1n) is 6.73. The minimum Gasteiger partial charge on any atom is -0.316 e. The molecule has 0 spiro atoms. The van der Waals surface area contributed by atoms with Crippen LogP contribution in [-0.2, 0) is 6.42 Å². The van der Waals surface area contributed by atoms with Crippen molar-refractivity contribution in [3.05, 3.63) is 34.9 Å². The first kappa shape index (κ1) is 12.6. The molecule has 2 heteroatoms. The van der Waals surface area contributed by atoms with Crippen molar-refractivity contribution in [2.75, 3.05) is 26.2 Å². The van der Waals surface area contributed by atoms with Crippen molar-refractivity contribution >= 4 is 0 Å². The monoisotopic (exact) mass is 232 g/mol. The van der Waals surface area contributed by atoms with E-state index < -0.39 is 0 Å². The Kier molecular flexibility index (Phi) is 4.57. The molecule has 1 aromatic carbocycles. The Morgan fingerprint density at radius 2 is 2.24 bits per heavy atom. The Hall–Kier alpha value is -0.860. The van der Waals surface area contributed by atoms with Crippen molar-refractivity contribution in [1.82, 2.24) is 10.6 Å². The SMILES string of the molecule is Cc1ccc(C)c(CCNCC2CCNC2)c1. The second-order valence-corrected chi connectivity index (χ2v) is 5.24. The van der Waals surface area contributed by atoms with Gasteiger partial charge in [0.25, 0.3) is 0 Å². The third kappa shape index (κ3) is 3.83. The maximum absolute atomic E-state index is 3.58. The number of benzene rings is 1. The number of nitrogens with one attached hydrogen (secondary N) is 2. The van der Waals surface area contributed by atoms with Gasteiger partial charge >= 0.3 is 0 Å². The molecule has 1 saturated heterocycles. The lowest BCUT2D eigenvalue weighted by Gasteiger charge is -2.11. The van der Waals surface area contributed by atoms with Crippen LogP contribution in [0.5, 0.6) is 0 Å². The van der Waals surface area contributed by atoms with Crippen LogP contribution in [0.2, 0.25) is 0 Å². The van der Waals surface area contributed by atoms with Crippen LogP contribution in [0.25, 0.3) is 0 Å². The van der Waals surface area contributed by atoms with Gasteiger partial charge in [-0.2, -0.15) is 0 Å². The van der Waals surface area contributed by atoms with Crippen LogP contribution in [-0.4, -0.2) is 26.2 Å². The predicted molar refractivity (Wildman–Crippen MR) is 73.5 cm³/mol. The van der Waals surface area contributed by atoms with Gasteiger partial charge in [0.05, 0.1) is 0 Å². The average Bonchev–Trinajstić information content (AvgIpc) is 2.82. The Labute approximate surface area is 105 Å². The van der Waals surface area contributed by atoms with E-state index in [0.29, 0.717) is 0 Å². The van der Waals surface area contributed by atoms with E-state index in [1.165, 1.54) is 36.2 Å². The van der Waals surface area contributed by atoms with Gasteiger partial charge in [-0.15, -0.1) is 0 Å². The number of aryl methyl sites for hydroxylation is 2. The van der Waals surface area contributed by atoms with Crippen LogP contribution in [0, 0.1) is 19.8 Å². The molecule has 1 aromatic rings. The summed E-state index contributed by atoms with van der Waals surface area (Å²) in [6.45, 7) is 9.02. The minimum absolute atomic E-state index is 0.841. The summed E-state index contributed by atoms with van der Waals surface area (Å²) in [5.41, 5.74) is 4.27. The first-order chi connectivity index (χ1) is 8.25. The molecule has 1 aliphatic rings. The lowest BCUT2D eigenvalue weighted by molar-refractivity contribution is 0.515. The number of hydrogen-bond donors (Lipinski definition) is 2. The van der Waals surface area contributed by atoms with Crippen LogP contribution >= 0.6 is 0 Å². The predicted octanol–water partition coefficient (Wildman–Crippen LogP) is 2.05. The highest BCUT2D eigenvalue weighted by Crippen LogP contribution is 2.11. The Morgan fingerprint density at radius 1 is 1.35 bits per heavy atom. The maximum Gasteiger partial charge on any atom is -0.000777 e. The first-order valence-corrected chi connectivity index (χ1v) is 6.73. The highest BCUT2D eigenvalue weighted by atomic mass is 14.9. The second kappa shape index (κ2) is 6.18. The van der Waals surface area contributed by atoms with Gasteiger partial charge in [0.2, 0.25) is 0 Å². The molecule has 0 amide bonds. The molecular formula is C15H24N2. The lowest BCUT2D eigenvalue weighted by atomic mass is 10.0. The molecule has 0 radical (unpaired) electrons. The molecule has 17 heavy (non-hydrogen) atoms. The van der Waals surface area contributed by atoms with E-state index in [1.54, 1.807) is 0 Å². The van der Waals surface area contributed by atoms with Crippen LogP contribution in [0.3, 0.4) is 0 Å². The largest absolute Gasteiger partial charge is 0.316 e. The Morgan fingerprint density at radius 3 is 3.00 bits per heavy atom.